The van der Waals surface area contributed by atoms with Gasteiger partial charge in [-0.1, -0.05) is 0 Å². The molecule has 70 valence electrons. The van der Waals surface area contributed by atoms with Crippen LogP contribution in [0.2, 0.25) is 0 Å². The number of nitrogens with zero attached hydrogens (tertiary/aromatic N) is 1. The first-order valence-corrected chi connectivity index (χ1v) is 5.08. The summed E-state index contributed by atoms with van der Waals surface area (Å²) in [6.45, 7) is 0. The third kappa shape index (κ3) is 2.62. The number of amides is 1. The summed E-state index contributed by atoms with van der Waals surface area (Å²) < 4.78 is 0.881. The number of rotatable bonds is 4. The van der Waals surface area contributed by atoms with E-state index in [1.54, 1.807) is 6.20 Å². The van der Waals surface area contributed by atoms with Crippen LogP contribution < -0.4 is 5.32 Å². The molecule has 0 saturated carbocycles. The molecule has 0 aliphatic carbocycles. The Balaban J connectivity index is 2.87. The number of hydrogen-bond acceptors (Lipinski definition) is 4. The second-order valence-electron chi connectivity index (χ2n) is 2.06. The van der Waals surface area contributed by atoms with Crippen molar-refractivity contribution in [1.29, 1.82) is 0 Å². The molecule has 0 spiro atoms. The highest BCUT2D eigenvalue weighted by Crippen LogP contribution is 2.21. The lowest BCUT2D eigenvalue weighted by Gasteiger charge is -2.05. The first-order valence-electron chi connectivity index (χ1n) is 3.19. The lowest BCUT2D eigenvalue weighted by Crippen LogP contribution is -2.26. The Hall–Kier alpha value is -0.700. The molecule has 1 unspecified atom stereocenters. The summed E-state index contributed by atoms with van der Waals surface area (Å²) in [4.78, 5) is 24.6. The largest absolute Gasteiger partial charge is 0.479 e. The highest BCUT2D eigenvalue weighted by atomic mass is 127. The summed E-state index contributed by atoms with van der Waals surface area (Å²) in [6.07, 6.45) is 1.91. The number of carbonyl (C=O) groups excluding carboxylic acids is 1. The highest BCUT2D eigenvalue weighted by Gasteiger charge is 2.21. The van der Waals surface area contributed by atoms with Crippen molar-refractivity contribution in [3.05, 3.63) is 14.1 Å². The summed E-state index contributed by atoms with van der Waals surface area (Å²) in [5.41, 5.74) is 0. The average molecular weight is 312 g/mol. The zero-order chi connectivity index (χ0) is 9.84. The zero-order valence-corrected chi connectivity index (χ0v) is 9.20. The molecule has 0 fully saturated rings. The quantitative estimate of drug-likeness (QED) is 0.631. The topological polar surface area (TPSA) is 79.3 Å². The van der Waals surface area contributed by atoms with Gasteiger partial charge in [-0.15, -0.1) is 11.3 Å². The highest BCUT2D eigenvalue weighted by molar-refractivity contribution is 14.1. The van der Waals surface area contributed by atoms with Crippen LogP contribution in [0.15, 0.2) is 6.20 Å². The van der Waals surface area contributed by atoms with Gasteiger partial charge in [-0.3, -0.25) is 4.79 Å². The molecule has 0 bridgehead atoms. The molecule has 5 nitrogen and oxygen atoms in total. The van der Waals surface area contributed by atoms with E-state index in [-0.39, 0.29) is 0 Å². The van der Waals surface area contributed by atoms with Gasteiger partial charge in [-0.2, -0.15) is 0 Å². The van der Waals surface area contributed by atoms with Crippen molar-refractivity contribution in [3.63, 3.8) is 0 Å². The second kappa shape index (κ2) is 4.51. The van der Waals surface area contributed by atoms with Crippen LogP contribution in [0.25, 0.3) is 0 Å². The minimum Gasteiger partial charge on any atom is -0.479 e. The zero-order valence-electron chi connectivity index (χ0n) is 6.23. The van der Waals surface area contributed by atoms with Crippen LogP contribution in [0.4, 0.5) is 0 Å². The fourth-order valence-corrected chi connectivity index (χ4v) is 2.23. The van der Waals surface area contributed by atoms with E-state index in [2.05, 4.69) is 10.3 Å². The van der Waals surface area contributed by atoms with E-state index in [9.17, 15) is 9.59 Å². The predicted octanol–water partition coefficient (Wildman–Crippen LogP) is 0.619. The van der Waals surface area contributed by atoms with Crippen molar-refractivity contribution in [2.75, 3.05) is 0 Å². The fraction of sp³-hybridized carbons (Fsp3) is 0.167. The second-order valence-corrected chi connectivity index (χ2v) is 5.01. The molecule has 7 heteroatoms. The average Bonchev–Trinajstić information content (AvgIpc) is 2.46. The summed E-state index contributed by atoms with van der Waals surface area (Å²) in [7, 11) is 0. The maximum Gasteiger partial charge on any atom is 0.333 e. The van der Waals surface area contributed by atoms with Gasteiger partial charge in [0, 0.05) is 0 Å². The molecule has 0 aliphatic rings. The number of carbonyl (C=O) groups is 2. The molecular formula is C6H5IN2O3S. The molecule has 2 N–H and O–H groups in total. The van der Waals surface area contributed by atoms with Crippen LogP contribution >= 0.6 is 33.9 Å². The number of carboxylic acids is 1. The van der Waals surface area contributed by atoms with Crippen molar-refractivity contribution in [3.8, 4) is 0 Å². The number of aliphatic carboxylic acids is 1. The summed E-state index contributed by atoms with van der Waals surface area (Å²) in [5.74, 6) is -1.11. The van der Waals surface area contributed by atoms with E-state index < -0.39 is 12.0 Å². The maximum atomic E-state index is 10.6. The molecule has 1 aromatic rings. The predicted molar refractivity (Wildman–Crippen MR) is 54.4 cm³/mol. The normalized spacial score (nSPS) is 12.1. The van der Waals surface area contributed by atoms with Crippen molar-refractivity contribution in [2.24, 2.45) is 0 Å². The van der Waals surface area contributed by atoms with Crippen LogP contribution in [-0.2, 0) is 9.59 Å². The van der Waals surface area contributed by atoms with Crippen LogP contribution in [0.1, 0.15) is 11.0 Å². The van der Waals surface area contributed by atoms with Gasteiger partial charge in [0.15, 0.2) is 6.04 Å². The smallest absolute Gasteiger partial charge is 0.333 e. The molecule has 1 heterocycles. The molecule has 0 radical (unpaired) electrons. The van der Waals surface area contributed by atoms with E-state index >= 15 is 0 Å². The van der Waals surface area contributed by atoms with Crippen molar-refractivity contribution in [1.82, 2.24) is 10.3 Å². The number of carboxylic acid groups (broad SMARTS) is 1. The minimum absolute atomic E-state index is 0.354. The van der Waals surface area contributed by atoms with Crippen LogP contribution in [0.3, 0.4) is 0 Å². The number of aromatic nitrogens is 1. The summed E-state index contributed by atoms with van der Waals surface area (Å²) in [5, 5.41) is 11.3. The molecular weight excluding hydrogens is 307 g/mol. The van der Waals surface area contributed by atoms with E-state index in [4.69, 9.17) is 5.11 Å². The molecule has 1 amide bonds. The Morgan fingerprint density at radius 2 is 2.54 bits per heavy atom. The lowest BCUT2D eigenvalue weighted by molar-refractivity contribution is -0.140. The van der Waals surface area contributed by atoms with Crippen molar-refractivity contribution < 1.29 is 14.7 Å². The number of thiazole rings is 1. The Bertz CT molecular complexity index is 327. The minimum atomic E-state index is -1.11. The molecule has 1 aromatic heterocycles. The summed E-state index contributed by atoms with van der Waals surface area (Å²) in [6, 6.07) is -1.04. The van der Waals surface area contributed by atoms with Crippen LogP contribution in [-0.4, -0.2) is 22.5 Å². The van der Waals surface area contributed by atoms with E-state index in [1.807, 2.05) is 22.6 Å². The SMILES string of the molecule is O=CNC(C(=O)O)c1ncc(I)s1. The Morgan fingerprint density at radius 3 is 2.92 bits per heavy atom. The fourth-order valence-electron chi connectivity index (χ4n) is 0.717. The number of hydrogen-bond donors (Lipinski definition) is 2. The van der Waals surface area contributed by atoms with Gasteiger partial charge in [0.05, 0.1) is 9.08 Å². The van der Waals surface area contributed by atoms with Gasteiger partial charge in [-0.25, -0.2) is 9.78 Å². The number of nitrogens with one attached hydrogen (secondary N) is 1. The van der Waals surface area contributed by atoms with Gasteiger partial charge in [0.25, 0.3) is 0 Å². The van der Waals surface area contributed by atoms with Crippen molar-refractivity contribution >= 4 is 46.3 Å². The molecule has 1 rings (SSSR count). The molecule has 13 heavy (non-hydrogen) atoms. The standard InChI is InChI=1S/C6H5IN2O3S/c7-3-1-8-5(13-3)4(6(11)12)9-2-10/h1-2,4H,(H,9,10)(H,11,12). The monoisotopic (exact) mass is 312 g/mol. The van der Waals surface area contributed by atoms with E-state index in [0.29, 0.717) is 11.4 Å². The van der Waals surface area contributed by atoms with Gasteiger partial charge in [0.2, 0.25) is 6.41 Å². The third-order valence-electron chi connectivity index (χ3n) is 1.22. The third-order valence-corrected chi connectivity index (χ3v) is 3.01. The van der Waals surface area contributed by atoms with Gasteiger partial charge in [0.1, 0.15) is 5.01 Å². The Labute approximate surface area is 91.3 Å². The van der Waals surface area contributed by atoms with Crippen LogP contribution in [0.5, 0.6) is 0 Å². The maximum absolute atomic E-state index is 10.6. The van der Waals surface area contributed by atoms with E-state index in [1.165, 1.54) is 11.3 Å². The van der Waals surface area contributed by atoms with E-state index in [0.717, 1.165) is 2.88 Å². The molecule has 0 aliphatic heterocycles. The first kappa shape index (κ1) is 10.4. The molecule has 0 aromatic carbocycles. The Kier molecular flexibility index (Phi) is 3.60. The van der Waals surface area contributed by atoms with Gasteiger partial charge >= 0.3 is 5.97 Å². The first-order chi connectivity index (χ1) is 6.15. The molecule has 0 saturated heterocycles. The molecule has 1 atom stereocenters. The summed E-state index contributed by atoms with van der Waals surface area (Å²) >= 11 is 3.27. The van der Waals surface area contributed by atoms with Gasteiger partial charge < -0.3 is 10.4 Å². The lowest BCUT2D eigenvalue weighted by atomic mass is 10.3. The number of halogens is 1. The van der Waals surface area contributed by atoms with Gasteiger partial charge in [-0.05, 0) is 22.6 Å². The Morgan fingerprint density at radius 1 is 1.85 bits per heavy atom. The van der Waals surface area contributed by atoms with Crippen LogP contribution in [0, 0.1) is 2.88 Å². The van der Waals surface area contributed by atoms with Crippen molar-refractivity contribution in [2.45, 2.75) is 6.04 Å².